The average Bonchev–Trinajstić information content (AvgIpc) is 3.10. The maximum absolute atomic E-state index is 4.89. The molecule has 3 aliphatic rings. The second kappa shape index (κ2) is 11.3. The Balaban J connectivity index is 0.000000708. The molecule has 2 fully saturated rings. The zero-order chi connectivity index (χ0) is 20.3. The third-order valence-corrected chi connectivity index (χ3v) is 11.3. The molecule has 4 rings (SSSR count). The number of fused-ring (bicyclic) bond motifs is 3. The van der Waals surface area contributed by atoms with E-state index in [1.807, 2.05) is 0 Å². The van der Waals surface area contributed by atoms with E-state index in [0.29, 0.717) is 18.5 Å². The monoisotopic (exact) mass is 486 g/mol. The van der Waals surface area contributed by atoms with Crippen LogP contribution in [-0.4, -0.2) is 32.8 Å². The maximum atomic E-state index is 4.89. The summed E-state index contributed by atoms with van der Waals surface area (Å²) < 4.78 is 2.63. The van der Waals surface area contributed by atoms with Crippen LogP contribution in [-0.2, 0) is 17.0 Å². The van der Waals surface area contributed by atoms with Crippen LogP contribution in [0.15, 0.2) is 30.3 Å². The summed E-state index contributed by atoms with van der Waals surface area (Å²) in [7, 11) is 8.15. The Bertz CT molecular complexity index is 680. The van der Waals surface area contributed by atoms with Gasteiger partial charge in [-0.3, -0.25) is 6.67 Å². The average molecular weight is 487 g/mol. The molecule has 1 aromatic rings. The van der Waals surface area contributed by atoms with Gasteiger partial charge in [-0.25, -0.2) is 0 Å². The van der Waals surface area contributed by atoms with E-state index in [-0.39, 0.29) is 7.43 Å². The normalized spacial score (nSPS) is 28.9. The van der Waals surface area contributed by atoms with Crippen LogP contribution in [0, 0.1) is 25.2 Å². The van der Waals surface area contributed by atoms with Gasteiger partial charge in [-0.05, 0) is 46.8 Å². The Morgan fingerprint density at radius 3 is 2.38 bits per heavy atom. The van der Waals surface area contributed by atoms with E-state index in [1.165, 1.54) is 12.0 Å². The molecule has 158 valence electrons. The molecule has 0 N–H and O–H groups in total. The molecule has 4 atom stereocenters. The van der Waals surface area contributed by atoms with Crippen molar-refractivity contribution in [3.63, 3.8) is 0 Å². The van der Waals surface area contributed by atoms with Gasteiger partial charge in [0.1, 0.15) is 8.24 Å². The molecule has 1 saturated heterocycles. The third-order valence-electron chi connectivity index (χ3n) is 6.99. The quantitative estimate of drug-likeness (QED) is 0.322. The molecule has 1 aliphatic heterocycles. The number of hydrogen-bond donors (Lipinski definition) is 0. The summed E-state index contributed by atoms with van der Waals surface area (Å²) >= 11 is -0.556. The first kappa shape index (κ1) is 25.6. The predicted octanol–water partition coefficient (Wildman–Crippen LogP) is 7.43. The summed E-state index contributed by atoms with van der Waals surface area (Å²) in [6.07, 6.45) is 6.28. The van der Waals surface area contributed by atoms with E-state index in [2.05, 4.69) is 78.6 Å². The van der Waals surface area contributed by atoms with Crippen LogP contribution >= 0.6 is 18.6 Å². The summed E-state index contributed by atoms with van der Waals surface area (Å²) in [5, 5.41) is 9.16. The molecule has 0 bridgehead atoms. The molecule has 0 spiro atoms. The fourth-order valence-corrected chi connectivity index (χ4v) is 9.84. The van der Waals surface area contributed by atoms with Crippen LogP contribution < -0.4 is 0 Å². The van der Waals surface area contributed by atoms with Gasteiger partial charge in [0.2, 0.25) is 0 Å². The molecule has 1 heterocycles. The molecule has 2 aliphatic carbocycles. The summed E-state index contributed by atoms with van der Waals surface area (Å²) in [5.41, 5.74) is 3.81. The Labute approximate surface area is 195 Å². The van der Waals surface area contributed by atoms with Crippen LogP contribution in [0.3, 0.4) is 0 Å². The van der Waals surface area contributed by atoms with Gasteiger partial charge >= 0.3 is 35.6 Å². The van der Waals surface area contributed by atoms with Gasteiger partial charge in [0.15, 0.2) is 0 Å². The molecule has 1 aromatic carbocycles. The van der Waals surface area contributed by atoms with Crippen molar-refractivity contribution in [3.8, 4) is 0 Å². The number of hydrogen-bond acceptors (Lipinski definition) is 1. The van der Waals surface area contributed by atoms with Crippen molar-refractivity contribution in [2.75, 3.05) is 20.0 Å². The van der Waals surface area contributed by atoms with Crippen LogP contribution in [0.5, 0.6) is 0 Å². The summed E-state index contributed by atoms with van der Waals surface area (Å²) in [6.45, 7) is 12.5. The third kappa shape index (κ3) is 5.41. The van der Waals surface area contributed by atoms with Crippen molar-refractivity contribution in [2.45, 2.75) is 44.8 Å². The van der Waals surface area contributed by atoms with Gasteiger partial charge in [-0.2, -0.15) is 0 Å². The predicted molar refractivity (Wildman–Crippen MR) is 127 cm³/mol. The SMILES string of the molecule is CC(C)C1CC2c3ccccc3C=CC2C1[Si](C)(C)N1C[N-]C[N-]C1.[CH3-].[Cl][Ti+4][Cl]. The van der Waals surface area contributed by atoms with Crippen LogP contribution in [0.1, 0.15) is 37.3 Å². The molecular formula is C22H34Cl2N3SiTi+. The second-order valence-corrected chi connectivity index (χ2v) is 16.2. The standard InChI is InChI=1S/C21H31N3Si.CH3.2ClH.Ti/c1-15(2)19-11-20-17-8-6-5-7-16(17)9-10-18(20)21(19)25(3,4)24-13-22-12-23-14-24;;;;/h5-10,15,18-21H,11-14H2,1-4H3;1H3;2*1H;/q-2;-1;;;+6/p-2. The Kier molecular flexibility index (Phi) is 9.97. The van der Waals surface area contributed by atoms with Crippen molar-refractivity contribution < 1.29 is 17.0 Å². The van der Waals surface area contributed by atoms with Gasteiger partial charge in [0.25, 0.3) is 0 Å². The van der Waals surface area contributed by atoms with Crippen LogP contribution in [0.2, 0.25) is 18.6 Å². The van der Waals surface area contributed by atoms with E-state index >= 15 is 0 Å². The zero-order valence-electron chi connectivity index (χ0n) is 18.3. The van der Waals surface area contributed by atoms with E-state index in [9.17, 15) is 0 Å². The first-order chi connectivity index (χ1) is 13.4. The number of rotatable bonds is 3. The van der Waals surface area contributed by atoms with Crippen molar-refractivity contribution in [2.24, 2.45) is 17.8 Å². The molecule has 3 nitrogen and oxygen atoms in total. The van der Waals surface area contributed by atoms with Crippen LogP contribution in [0.25, 0.3) is 16.7 Å². The van der Waals surface area contributed by atoms with Gasteiger partial charge in [-0.15, -0.1) is 13.3 Å². The Morgan fingerprint density at radius 2 is 1.76 bits per heavy atom. The minimum absolute atomic E-state index is 0. The molecule has 0 radical (unpaired) electrons. The second-order valence-electron chi connectivity index (χ2n) is 8.98. The zero-order valence-corrected chi connectivity index (χ0v) is 22.4. The fourth-order valence-electron chi connectivity index (χ4n) is 5.64. The van der Waals surface area contributed by atoms with Crippen molar-refractivity contribution >= 4 is 32.9 Å². The fraction of sp³-hybridized carbons (Fsp3) is 0.591. The molecule has 7 heteroatoms. The topological polar surface area (TPSA) is 31.4 Å². The van der Waals surface area contributed by atoms with Crippen molar-refractivity contribution in [1.29, 1.82) is 0 Å². The van der Waals surface area contributed by atoms with E-state index in [0.717, 1.165) is 30.7 Å². The van der Waals surface area contributed by atoms with E-state index in [4.69, 9.17) is 18.6 Å². The van der Waals surface area contributed by atoms with Gasteiger partial charge < -0.3 is 22.6 Å². The molecule has 4 unspecified atom stereocenters. The summed E-state index contributed by atoms with van der Waals surface area (Å²) in [6, 6.07) is 9.05. The number of allylic oxidation sites excluding steroid dienone is 1. The van der Waals surface area contributed by atoms with Gasteiger partial charge in [0, 0.05) is 0 Å². The van der Waals surface area contributed by atoms with Crippen molar-refractivity contribution in [3.05, 3.63) is 59.5 Å². The van der Waals surface area contributed by atoms with Crippen molar-refractivity contribution in [1.82, 2.24) is 4.57 Å². The summed E-state index contributed by atoms with van der Waals surface area (Å²) in [4.78, 5) is 0. The first-order valence-corrected chi connectivity index (χ1v) is 17.5. The van der Waals surface area contributed by atoms with Gasteiger partial charge in [-0.1, -0.05) is 63.4 Å². The molecule has 0 aromatic heterocycles. The van der Waals surface area contributed by atoms with Gasteiger partial charge in [0.05, 0.1) is 0 Å². The first-order valence-electron chi connectivity index (χ1n) is 10.2. The van der Waals surface area contributed by atoms with Crippen LogP contribution in [0.4, 0.5) is 0 Å². The molecule has 29 heavy (non-hydrogen) atoms. The van der Waals surface area contributed by atoms with E-state index in [1.54, 1.807) is 5.56 Å². The molecular weight excluding hydrogens is 453 g/mol. The number of halogens is 2. The molecule has 0 amide bonds. The number of benzene rings is 1. The minimum atomic E-state index is -1.63. The number of nitrogens with zero attached hydrogens (tertiary/aromatic N) is 3. The Morgan fingerprint density at radius 1 is 1.14 bits per heavy atom. The summed E-state index contributed by atoms with van der Waals surface area (Å²) in [5.74, 6) is 2.92. The Hall–Kier alpha value is 0.351. The molecule has 1 saturated carbocycles. The van der Waals surface area contributed by atoms with E-state index < -0.39 is 25.3 Å².